The average molecular weight is 340 g/mol. The third-order valence-electron chi connectivity index (χ3n) is 3.65. The second-order valence-electron chi connectivity index (χ2n) is 5.63. The second kappa shape index (κ2) is 7.32. The van der Waals surface area contributed by atoms with Crippen molar-refractivity contribution >= 4 is 23.3 Å². The standard InChI is InChI=1S/C19H18ClN3O/c1-14-11-18(23(22-14)13-15-7-3-2-4-8-15)21-19(24)12-16-9-5-6-10-17(16)20/h2-11H,12-13H2,1H3,(H,21,24). The fraction of sp³-hybridized carbons (Fsp3) is 0.158. The minimum atomic E-state index is -0.114. The first-order chi connectivity index (χ1) is 11.6. The minimum absolute atomic E-state index is 0.114. The molecule has 1 aromatic heterocycles. The molecule has 122 valence electrons. The number of aryl methyl sites for hydroxylation is 1. The predicted octanol–water partition coefficient (Wildman–Crippen LogP) is 4.07. The topological polar surface area (TPSA) is 46.9 Å². The number of carbonyl (C=O) groups excluding carboxylic acids is 1. The van der Waals surface area contributed by atoms with Gasteiger partial charge in [0.15, 0.2) is 0 Å². The summed E-state index contributed by atoms with van der Waals surface area (Å²) in [6, 6.07) is 19.3. The summed E-state index contributed by atoms with van der Waals surface area (Å²) >= 11 is 6.12. The van der Waals surface area contributed by atoms with E-state index in [2.05, 4.69) is 10.4 Å². The second-order valence-corrected chi connectivity index (χ2v) is 6.04. The highest BCUT2D eigenvalue weighted by atomic mass is 35.5. The summed E-state index contributed by atoms with van der Waals surface area (Å²) in [5, 5.41) is 7.99. The smallest absolute Gasteiger partial charge is 0.229 e. The van der Waals surface area contributed by atoms with Crippen LogP contribution in [0.3, 0.4) is 0 Å². The predicted molar refractivity (Wildman–Crippen MR) is 96.3 cm³/mol. The summed E-state index contributed by atoms with van der Waals surface area (Å²) in [6.07, 6.45) is 0.231. The van der Waals surface area contributed by atoms with Crippen molar-refractivity contribution in [3.63, 3.8) is 0 Å². The lowest BCUT2D eigenvalue weighted by Crippen LogP contribution is -2.18. The molecule has 0 spiro atoms. The maximum Gasteiger partial charge on any atom is 0.229 e. The Bertz CT molecular complexity index is 843. The summed E-state index contributed by atoms with van der Waals surface area (Å²) in [7, 11) is 0. The van der Waals surface area contributed by atoms with Crippen molar-refractivity contribution in [1.29, 1.82) is 0 Å². The van der Waals surface area contributed by atoms with Crippen LogP contribution < -0.4 is 5.32 Å². The van der Waals surface area contributed by atoms with Crippen LogP contribution in [0, 0.1) is 6.92 Å². The van der Waals surface area contributed by atoms with Gasteiger partial charge in [-0.05, 0) is 24.1 Å². The fourth-order valence-electron chi connectivity index (χ4n) is 2.52. The molecule has 2 aromatic carbocycles. The molecule has 24 heavy (non-hydrogen) atoms. The van der Waals surface area contributed by atoms with Crippen molar-refractivity contribution in [2.24, 2.45) is 0 Å². The van der Waals surface area contributed by atoms with Gasteiger partial charge < -0.3 is 5.32 Å². The number of nitrogens with zero attached hydrogens (tertiary/aromatic N) is 2. The Balaban J connectivity index is 1.73. The van der Waals surface area contributed by atoms with E-state index in [0.717, 1.165) is 16.8 Å². The van der Waals surface area contributed by atoms with Crippen LogP contribution in [-0.2, 0) is 17.8 Å². The highest BCUT2D eigenvalue weighted by Crippen LogP contribution is 2.17. The van der Waals surface area contributed by atoms with Crippen LogP contribution >= 0.6 is 11.6 Å². The van der Waals surface area contributed by atoms with Crippen LogP contribution in [0.15, 0.2) is 60.7 Å². The lowest BCUT2D eigenvalue weighted by molar-refractivity contribution is -0.115. The maximum absolute atomic E-state index is 12.3. The molecule has 1 N–H and O–H groups in total. The zero-order valence-electron chi connectivity index (χ0n) is 13.4. The number of amides is 1. The Morgan fingerprint density at radius 2 is 1.83 bits per heavy atom. The van der Waals surface area contributed by atoms with Gasteiger partial charge in [0, 0.05) is 11.1 Å². The minimum Gasteiger partial charge on any atom is -0.311 e. The van der Waals surface area contributed by atoms with E-state index in [1.807, 2.05) is 61.5 Å². The molecule has 0 radical (unpaired) electrons. The third kappa shape index (κ3) is 4.03. The van der Waals surface area contributed by atoms with Crippen molar-refractivity contribution in [2.75, 3.05) is 5.32 Å². The first-order valence-electron chi connectivity index (χ1n) is 7.73. The van der Waals surface area contributed by atoms with Gasteiger partial charge in [-0.2, -0.15) is 5.10 Å². The molecule has 0 aliphatic carbocycles. The van der Waals surface area contributed by atoms with Crippen molar-refractivity contribution in [2.45, 2.75) is 19.9 Å². The van der Waals surface area contributed by atoms with Crippen molar-refractivity contribution < 1.29 is 4.79 Å². The van der Waals surface area contributed by atoms with Gasteiger partial charge in [-0.3, -0.25) is 4.79 Å². The van der Waals surface area contributed by atoms with Gasteiger partial charge in [0.2, 0.25) is 5.91 Å². The first kappa shape index (κ1) is 16.3. The number of hydrogen-bond acceptors (Lipinski definition) is 2. The van der Waals surface area contributed by atoms with E-state index in [9.17, 15) is 4.79 Å². The fourth-order valence-corrected chi connectivity index (χ4v) is 2.73. The Hall–Kier alpha value is -2.59. The molecule has 0 unspecified atom stereocenters. The molecule has 4 nitrogen and oxygen atoms in total. The zero-order chi connectivity index (χ0) is 16.9. The van der Waals surface area contributed by atoms with Gasteiger partial charge in [0.25, 0.3) is 0 Å². The highest BCUT2D eigenvalue weighted by Gasteiger charge is 2.11. The molecule has 0 saturated carbocycles. The third-order valence-corrected chi connectivity index (χ3v) is 4.02. The summed E-state index contributed by atoms with van der Waals surface area (Å²) in [4.78, 5) is 12.3. The molecular formula is C19H18ClN3O. The van der Waals surface area contributed by atoms with Gasteiger partial charge in [-0.25, -0.2) is 4.68 Å². The molecule has 0 bridgehead atoms. The summed E-state index contributed by atoms with van der Waals surface area (Å²) in [5.41, 5.74) is 2.80. The van der Waals surface area contributed by atoms with E-state index in [4.69, 9.17) is 11.6 Å². The lowest BCUT2D eigenvalue weighted by Gasteiger charge is -2.09. The van der Waals surface area contributed by atoms with E-state index in [1.165, 1.54) is 0 Å². The summed E-state index contributed by atoms with van der Waals surface area (Å²) in [6.45, 7) is 2.52. The molecule has 3 rings (SSSR count). The van der Waals surface area contributed by atoms with Crippen LogP contribution in [-0.4, -0.2) is 15.7 Å². The lowest BCUT2D eigenvalue weighted by atomic mass is 10.1. The molecule has 1 amide bonds. The molecular weight excluding hydrogens is 322 g/mol. The van der Waals surface area contributed by atoms with Crippen molar-refractivity contribution in [3.05, 3.63) is 82.5 Å². The number of nitrogens with one attached hydrogen (secondary N) is 1. The average Bonchev–Trinajstić information content (AvgIpc) is 2.90. The van der Waals surface area contributed by atoms with Gasteiger partial charge >= 0.3 is 0 Å². The molecule has 0 saturated heterocycles. The van der Waals surface area contributed by atoms with E-state index < -0.39 is 0 Å². The van der Waals surface area contributed by atoms with Crippen LogP contribution in [0.2, 0.25) is 5.02 Å². The Labute approximate surface area is 146 Å². The molecule has 0 aliphatic heterocycles. The summed E-state index contributed by atoms with van der Waals surface area (Å²) < 4.78 is 1.80. The normalized spacial score (nSPS) is 10.6. The van der Waals surface area contributed by atoms with E-state index >= 15 is 0 Å². The van der Waals surface area contributed by atoms with Crippen molar-refractivity contribution in [1.82, 2.24) is 9.78 Å². The Morgan fingerprint density at radius 3 is 2.58 bits per heavy atom. The van der Waals surface area contributed by atoms with Gasteiger partial charge in [0.05, 0.1) is 18.7 Å². The van der Waals surface area contributed by atoms with Crippen LogP contribution in [0.1, 0.15) is 16.8 Å². The monoisotopic (exact) mass is 339 g/mol. The number of carbonyl (C=O) groups is 1. The van der Waals surface area contributed by atoms with Crippen molar-refractivity contribution in [3.8, 4) is 0 Å². The van der Waals surface area contributed by atoms with Gasteiger partial charge in [-0.1, -0.05) is 60.1 Å². The molecule has 3 aromatic rings. The van der Waals surface area contributed by atoms with E-state index in [-0.39, 0.29) is 12.3 Å². The van der Waals surface area contributed by atoms with Gasteiger partial charge in [0.1, 0.15) is 5.82 Å². The van der Waals surface area contributed by atoms with E-state index in [1.54, 1.807) is 10.7 Å². The molecule has 0 atom stereocenters. The van der Waals surface area contributed by atoms with Crippen LogP contribution in [0.4, 0.5) is 5.82 Å². The SMILES string of the molecule is Cc1cc(NC(=O)Cc2ccccc2Cl)n(Cc2ccccc2)n1. The first-order valence-corrected chi connectivity index (χ1v) is 8.11. The molecule has 0 fully saturated rings. The maximum atomic E-state index is 12.3. The highest BCUT2D eigenvalue weighted by molar-refractivity contribution is 6.31. The van der Waals surface area contributed by atoms with Crippen LogP contribution in [0.5, 0.6) is 0 Å². The van der Waals surface area contributed by atoms with Gasteiger partial charge in [-0.15, -0.1) is 0 Å². The number of aromatic nitrogens is 2. The summed E-state index contributed by atoms with van der Waals surface area (Å²) in [5.74, 6) is 0.575. The number of anilines is 1. The Morgan fingerprint density at radius 1 is 1.12 bits per heavy atom. The number of hydrogen-bond donors (Lipinski definition) is 1. The quantitative estimate of drug-likeness (QED) is 0.761. The van der Waals surface area contributed by atoms with Crippen LogP contribution in [0.25, 0.3) is 0 Å². The molecule has 1 heterocycles. The molecule has 5 heteroatoms. The largest absolute Gasteiger partial charge is 0.311 e. The number of benzene rings is 2. The molecule has 0 aliphatic rings. The number of rotatable bonds is 5. The van der Waals surface area contributed by atoms with E-state index in [0.29, 0.717) is 17.4 Å². The zero-order valence-corrected chi connectivity index (χ0v) is 14.1. The number of halogens is 1. The Kier molecular flexibility index (Phi) is 4.96.